The summed E-state index contributed by atoms with van der Waals surface area (Å²) in [5.41, 5.74) is 1.12. The zero-order chi connectivity index (χ0) is 25.9. The number of ether oxygens (including phenoxy) is 2. The first kappa shape index (κ1) is 30.2. The van der Waals surface area contributed by atoms with Gasteiger partial charge in [-0.2, -0.15) is 0 Å². The number of rotatable bonds is 14. The Morgan fingerprint density at radius 3 is 1.79 bits per heavy atom. The molecule has 0 aliphatic rings. The molecule has 0 aromatic heterocycles. The van der Waals surface area contributed by atoms with Crippen LogP contribution in [-0.4, -0.2) is 20.4 Å². The summed E-state index contributed by atoms with van der Waals surface area (Å²) in [6.07, 6.45) is 3.64. The fraction of sp³-hybridized carbons (Fsp3) is 0.621. The van der Waals surface area contributed by atoms with Crippen molar-refractivity contribution in [3.05, 3.63) is 59.6 Å². The van der Waals surface area contributed by atoms with Crippen LogP contribution in [0.2, 0.25) is 18.1 Å². The molecule has 0 saturated carbocycles. The summed E-state index contributed by atoms with van der Waals surface area (Å²) in [7, 11) is -1.85. The molecule has 0 spiro atoms. The lowest BCUT2D eigenvalue weighted by Crippen LogP contribution is -2.40. The number of carbonyl (C=O) groups is 1. The lowest BCUT2D eigenvalue weighted by molar-refractivity contribution is -0.145. The molecule has 0 unspecified atom stereocenters. The summed E-state index contributed by atoms with van der Waals surface area (Å²) >= 11 is 0. The van der Waals surface area contributed by atoms with Crippen LogP contribution in [0.25, 0.3) is 0 Å². The molecule has 0 aliphatic heterocycles. The molecule has 0 radical (unpaired) electrons. The molecule has 0 bridgehead atoms. The van der Waals surface area contributed by atoms with Crippen LogP contribution in [0.3, 0.4) is 0 Å². The van der Waals surface area contributed by atoms with Gasteiger partial charge in [0.15, 0.2) is 0 Å². The number of carbonyl (C=O) groups excluding carboxylic acids is 1. The van der Waals surface area contributed by atoms with Crippen LogP contribution in [0.1, 0.15) is 80.9 Å². The molecule has 0 aliphatic carbocycles. The molecule has 5 heteroatoms. The van der Waals surface area contributed by atoms with Gasteiger partial charge in [0.05, 0.1) is 23.9 Å². The Balaban J connectivity index is 3.34. The summed E-state index contributed by atoms with van der Waals surface area (Å²) in [6.45, 7) is 20.7. The summed E-state index contributed by atoms with van der Waals surface area (Å²) in [5.74, 6) is 1.08. The lowest BCUT2D eigenvalue weighted by atomic mass is 9.89. The predicted octanol–water partition coefficient (Wildman–Crippen LogP) is 8.43. The fourth-order valence-corrected chi connectivity index (χ4v) is 7.05. The Labute approximate surface area is 209 Å². The van der Waals surface area contributed by atoms with Crippen molar-refractivity contribution >= 4 is 14.3 Å². The normalized spacial score (nSPS) is 16.7. The van der Waals surface area contributed by atoms with E-state index in [1.807, 2.05) is 52.0 Å². The fourth-order valence-electron chi connectivity index (χ4n) is 4.31. The maximum absolute atomic E-state index is 12.4. The Morgan fingerprint density at radius 1 is 0.853 bits per heavy atom. The second-order valence-electron chi connectivity index (χ2n) is 9.53. The zero-order valence-corrected chi connectivity index (χ0v) is 24.2. The highest BCUT2D eigenvalue weighted by Gasteiger charge is 2.37. The monoisotopic (exact) mass is 488 g/mol. The van der Waals surface area contributed by atoms with Crippen LogP contribution in [-0.2, 0) is 18.7 Å². The third kappa shape index (κ3) is 8.12. The first-order valence-corrected chi connectivity index (χ1v) is 15.6. The first-order valence-electron chi connectivity index (χ1n) is 13.0. The van der Waals surface area contributed by atoms with E-state index in [2.05, 4.69) is 59.8 Å². The van der Waals surface area contributed by atoms with Crippen molar-refractivity contribution in [1.82, 2.24) is 0 Å². The number of hydrogen-bond acceptors (Lipinski definition) is 4. The van der Waals surface area contributed by atoms with Crippen molar-refractivity contribution in [1.29, 1.82) is 0 Å². The smallest absolute Gasteiger partial charge is 0.313 e. The highest BCUT2D eigenvalue weighted by Crippen LogP contribution is 2.36. The van der Waals surface area contributed by atoms with Gasteiger partial charge in [-0.25, -0.2) is 0 Å². The molecular formula is C29H48O4Si. The van der Waals surface area contributed by atoms with Gasteiger partial charge in [-0.3, -0.25) is 4.79 Å². The van der Waals surface area contributed by atoms with Crippen LogP contribution in [0.5, 0.6) is 0 Å². The molecule has 1 rings (SSSR count). The molecular weight excluding hydrogens is 440 g/mol. The summed E-state index contributed by atoms with van der Waals surface area (Å²) in [6, 6.07) is 13.5. The van der Waals surface area contributed by atoms with E-state index >= 15 is 0 Å². The number of esters is 1. The maximum Gasteiger partial charge on any atom is 0.313 e. The van der Waals surface area contributed by atoms with Gasteiger partial charge in [-0.15, -0.1) is 0 Å². The molecule has 4 nitrogen and oxygen atoms in total. The molecule has 4 atom stereocenters. The summed E-state index contributed by atoms with van der Waals surface area (Å²) in [5, 5.41) is 0. The van der Waals surface area contributed by atoms with E-state index < -0.39 is 8.32 Å². The van der Waals surface area contributed by atoms with Crippen molar-refractivity contribution in [2.24, 2.45) is 17.8 Å². The number of benzene rings is 1. The lowest BCUT2D eigenvalue weighted by Gasteiger charge is -2.38. The molecule has 1 aromatic rings. The van der Waals surface area contributed by atoms with Gasteiger partial charge in [-0.05, 0) is 50.5 Å². The van der Waals surface area contributed by atoms with Crippen molar-refractivity contribution in [2.75, 3.05) is 0 Å². The third-order valence-corrected chi connectivity index (χ3v) is 11.6. The van der Waals surface area contributed by atoms with E-state index in [4.69, 9.17) is 13.9 Å². The minimum atomic E-state index is -1.85. The quantitative estimate of drug-likeness (QED) is 0.150. The Hall–Kier alpha value is -1.85. The van der Waals surface area contributed by atoms with Crippen molar-refractivity contribution in [3.8, 4) is 0 Å². The molecule has 0 saturated heterocycles. The zero-order valence-electron chi connectivity index (χ0n) is 23.2. The largest absolute Gasteiger partial charge is 0.546 e. The van der Waals surface area contributed by atoms with Gasteiger partial charge in [0.2, 0.25) is 8.32 Å². The van der Waals surface area contributed by atoms with Gasteiger partial charge in [0.25, 0.3) is 0 Å². The van der Waals surface area contributed by atoms with E-state index in [-0.39, 0.29) is 35.9 Å². The molecule has 192 valence electrons. The second kappa shape index (κ2) is 14.5. The van der Waals surface area contributed by atoms with Crippen molar-refractivity contribution < 1.29 is 18.7 Å². The third-order valence-electron chi connectivity index (χ3n) is 7.04. The Morgan fingerprint density at radius 2 is 1.35 bits per heavy atom. The Kier molecular flexibility index (Phi) is 12.9. The van der Waals surface area contributed by atoms with Crippen LogP contribution in [0, 0.1) is 17.8 Å². The highest BCUT2D eigenvalue weighted by atomic mass is 28.4. The first-order chi connectivity index (χ1) is 16.1. The highest BCUT2D eigenvalue weighted by molar-refractivity contribution is 6.73. The summed E-state index contributed by atoms with van der Waals surface area (Å²) < 4.78 is 19.4. The number of allylic oxidation sites excluding steroid dienone is 2. The predicted molar refractivity (Wildman–Crippen MR) is 145 cm³/mol. The standard InChI is InChI=1S/C29H48O4Si/c1-11-26(32-29(30)21(6)7)22(8)28(31-24(10)25-19-17-16-18-20-25)23(9)27(12-2)33-34(13-3,14-4)15-5/h11-12,16-24,28H,13-15H2,1-10H3/b26-11-,27-12-/t22-,23-,24+,28-/m1/s1. The van der Waals surface area contributed by atoms with E-state index in [1.54, 1.807) is 0 Å². The Bertz CT molecular complexity index is 787. The van der Waals surface area contributed by atoms with Crippen molar-refractivity contribution in [3.63, 3.8) is 0 Å². The number of hydrogen-bond donors (Lipinski definition) is 0. The SMILES string of the molecule is C/C=C(\OC(=O)C(C)C)[C@@H](C)[C@@H](O[C@@H](C)c1ccccc1)[C@H](C)/C(=C/C)O[Si](CC)(CC)CC. The maximum atomic E-state index is 12.4. The van der Waals surface area contributed by atoms with Gasteiger partial charge in [0, 0.05) is 11.8 Å². The topological polar surface area (TPSA) is 44.8 Å². The molecule has 0 N–H and O–H groups in total. The van der Waals surface area contributed by atoms with Gasteiger partial charge >= 0.3 is 5.97 Å². The van der Waals surface area contributed by atoms with E-state index in [0.29, 0.717) is 5.76 Å². The van der Waals surface area contributed by atoms with Crippen LogP contribution < -0.4 is 0 Å². The molecule has 0 amide bonds. The minimum absolute atomic E-state index is 0.00427. The van der Waals surface area contributed by atoms with Crippen LogP contribution in [0.15, 0.2) is 54.0 Å². The minimum Gasteiger partial charge on any atom is -0.546 e. The summed E-state index contributed by atoms with van der Waals surface area (Å²) in [4.78, 5) is 12.4. The van der Waals surface area contributed by atoms with E-state index in [1.165, 1.54) is 0 Å². The molecule has 1 aromatic carbocycles. The van der Waals surface area contributed by atoms with Crippen LogP contribution >= 0.6 is 0 Å². The average molecular weight is 489 g/mol. The van der Waals surface area contributed by atoms with E-state index in [0.717, 1.165) is 29.5 Å². The van der Waals surface area contributed by atoms with Gasteiger partial charge < -0.3 is 13.9 Å². The molecule has 34 heavy (non-hydrogen) atoms. The second-order valence-corrected chi connectivity index (χ2v) is 14.2. The van der Waals surface area contributed by atoms with Gasteiger partial charge in [0.1, 0.15) is 5.76 Å². The van der Waals surface area contributed by atoms with Crippen LogP contribution in [0.4, 0.5) is 0 Å². The van der Waals surface area contributed by atoms with Crippen molar-refractivity contribution in [2.45, 2.75) is 99.6 Å². The molecule has 0 heterocycles. The van der Waals surface area contributed by atoms with Gasteiger partial charge in [-0.1, -0.05) is 84.9 Å². The van der Waals surface area contributed by atoms with E-state index in [9.17, 15) is 4.79 Å². The molecule has 0 fully saturated rings. The average Bonchev–Trinajstić information content (AvgIpc) is 2.86.